The molecule has 1 aromatic heterocycles. The maximum atomic E-state index is 9.88. The number of aromatic nitrogens is 2. The van der Waals surface area contributed by atoms with Crippen LogP contribution in [0, 0.1) is 14.9 Å². The summed E-state index contributed by atoms with van der Waals surface area (Å²) in [5.41, 5.74) is 2.01. The summed E-state index contributed by atoms with van der Waals surface area (Å²) in [5.74, 6) is 0.631. The molecule has 2 aromatic carbocycles. The smallest absolute Gasteiger partial charge is 0.146 e. The van der Waals surface area contributed by atoms with Gasteiger partial charge in [0.1, 0.15) is 17.4 Å². The predicted molar refractivity (Wildman–Crippen MR) is 102 cm³/mol. The van der Waals surface area contributed by atoms with Crippen molar-refractivity contribution in [3.8, 4) is 23.1 Å². The number of benzene rings is 2. The van der Waals surface area contributed by atoms with E-state index in [0.29, 0.717) is 21.9 Å². The molecule has 0 radical (unpaired) electrons. The van der Waals surface area contributed by atoms with Crippen LogP contribution in [0.15, 0.2) is 30.5 Å². The van der Waals surface area contributed by atoms with Gasteiger partial charge in [0, 0.05) is 23.4 Å². The normalized spacial score (nSPS) is 13.9. The van der Waals surface area contributed by atoms with E-state index in [1.54, 1.807) is 10.9 Å². The van der Waals surface area contributed by atoms with Crippen LogP contribution >= 0.6 is 34.2 Å². The standard InChI is InChI=1S/C18H13ClIN3O/c1-23-17(14(20)9-22-23)15-13(8-21)18(24-10-6-7-10)12-5-3-2-4-11(12)16(15)19/h2-5,9-10H,6-7H2,1H3. The molecule has 4 nitrogen and oxygen atoms in total. The molecule has 0 amide bonds. The second-order valence-corrected chi connectivity index (χ2v) is 7.37. The van der Waals surface area contributed by atoms with Gasteiger partial charge in [-0.25, -0.2) is 0 Å². The first-order valence-corrected chi connectivity index (χ1v) is 9.06. The fraction of sp³-hybridized carbons (Fsp3) is 0.222. The van der Waals surface area contributed by atoms with Gasteiger partial charge in [-0.3, -0.25) is 4.68 Å². The molecule has 1 saturated carbocycles. The minimum Gasteiger partial charge on any atom is -0.488 e. The Morgan fingerprint density at radius 3 is 2.62 bits per heavy atom. The maximum Gasteiger partial charge on any atom is 0.146 e. The van der Waals surface area contributed by atoms with Crippen LogP contribution in [-0.4, -0.2) is 15.9 Å². The molecule has 24 heavy (non-hydrogen) atoms. The number of aryl methyl sites for hydroxylation is 1. The summed E-state index contributed by atoms with van der Waals surface area (Å²) >= 11 is 8.95. The predicted octanol–water partition coefficient (Wildman–Crippen LogP) is 4.91. The molecular formula is C18H13ClIN3O. The molecular weight excluding hydrogens is 437 g/mol. The zero-order valence-corrected chi connectivity index (χ0v) is 15.8. The second kappa shape index (κ2) is 5.94. The second-order valence-electron chi connectivity index (χ2n) is 5.83. The highest BCUT2D eigenvalue weighted by Crippen LogP contribution is 2.46. The van der Waals surface area contributed by atoms with Crippen molar-refractivity contribution in [1.29, 1.82) is 5.26 Å². The third kappa shape index (κ3) is 2.45. The van der Waals surface area contributed by atoms with Gasteiger partial charge in [-0.2, -0.15) is 10.4 Å². The number of fused-ring (bicyclic) bond motifs is 1. The fourth-order valence-corrected chi connectivity index (χ4v) is 3.95. The van der Waals surface area contributed by atoms with E-state index in [-0.39, 0.29) is 6.10 Å². The van der Waals surface area contributed by atoms with Crippen LogP contribution in [0.1, 0.15) is 18.4 Å². The Morgan fingerprint density at radius 2 is 2.04 bits per heavy atom. The van der Waals surface area contributed by atoms with Gasteiger partial charge in [0.2, 0.25) is 0 Å². The molecule has 1 fully saturated rings. The van der Waals surface area contributed by atoms with Crippen LogP contribution in [0.25, 0.3) is 22.0 Å². The molecule has 0 N–H and O–H groups in total. The van der Waals surface area contributed by atoms with Crippen molar-refractivity contribution in [2.24, 2.45) is 7.05 Å². The summed E-state index contributed by atoms with van der Waals surface area (Å²) in [6.07, 6.45) is 4.02. The average Bonchev–Trinajstić information content (AvgIpc) is 3.35. The summed E-state index contributed by atoms with van der Waals surface area (Å²) < 4.78 is 8.82. The topological polar surface area (TPSA) is 50.8 Å². The minimum absolute atomic E-state index is 0.195. The van der Waals surface area contributed by atoms with Crippen molar-refractivity contribution < 1.29 is 4.74 Å². The summed E-state index contributed by atoms with van der Waals surface area (Å²) in [6.45, 7) is 0. The van der Waals surface area contributed by atoms with Gasteiger partial charge >= 0.3 is 0 Å². The molecule has 0 bridgehead atoms. The average molecular weight is 450 g/mol. The molecule has 6 heteroatoms. The van der Waals surface area contributed by atoms with Crippen molar-refractivity contribution in [3.05, 3.63) is 44.6 Å². The fourth-order valence-electron chi connectivity index (χ4n) is 2.86. The molecule has 1 aliphatic carbocycles. The summed E-state index contributed by atoms with van der Waals surface area (Å²) in [4.78, 5) is 0. The quantitative estimate of drug-likeness (QED) is 0.534. The van der Waals surface area contributed by atoms with E-state index >= 15 is 0 Å². The van der Waals surface area contributed by atoms with Gasteiger partial charge in [0.05, 0.1) is 26.6 Å². The number of hydrogen-bond acceptors (Lipinski definition) is 3. The van der Waals surface area contributed by atoms with Crippen LogP contribution < -0.4 is 4.74 Å². The Bertz CT molecular complexity index is 982. The summed E-state index contributed by atoms with van der Waals surface area (Å²) in [5, 5.41) is 16.5. The van der Waals surface area contributed by atoms with Gasteiger partial charge in [-0.05, 0) is 35.4 Å². The van der Waals surface area contributed by atoms with Gasteiger partial charge in [-0.15, -0.1) is 0 Å². The van der Waals surface area contributed by atoms with Crippen LogP contribution in [0.4, 0.5) is 0 Å². The van der Waals surface area contributed by atoms with Crippen molar-refractivity contribution in [1.82, 2.24) is 9.78 Å². The van der Waals surface area contributed by atoms with E-state index < -0.39 is 0 Å². The van der Waals surface area contributed by atoms with E-state index in [1.165, 1.54) is 0 Å². The molecule has 0 spiro atoms. The van der Waals surface area contributed by atoms with E-state index in [9.17, 15) is 5.26 Å². The molecule has 1 aliphatic rings. The third-order valence-corrected chi connectivity index (χ3v) is 5.34. The zero-order valence-electron chi connectivity index (χ0n) is 12.9. The molecule has 0 unspecified atom stereocenters. The molecule has 3 aromatic rings. The lowest BCUT2D eigenvalue weighted by Gasteiger charge is -2.17. The summed E-state index contributed by atoms with van der Waals surface area (Å²) in [7, 11) is 1.85. The van der Waals surface area contributed by atoms with Crippen molar-refractivity contribution in [2.45, 2.75) is 18.9 Å². The largest absolute Gasteiger partial charge is 0.488 e. The highest BCUT2D eigenvalue weighted by molar-refractivity contribution is 14.1. The Morgan fingerprint density at radius 1 is 1.33 bits per heavy atom. The van der Waals surface area contributed by atoms with Crippen molar-refractivity contribution in [2.75, 3.05) is 0 Å². The zero-order chi connectivity index (χ0) is 16.8. The Labute approximate surface area is 158 Å². The summed E-state index contributed by atoms with van der Waals surface area (Å²) in [6, 6.07) is 10.1. The third-order valence-electron chi connectivity index (χ3n) is 4.16. The highest BCUT2D eigenvalue weighted by atomic mass is 127. The molecule has 4 rings (SSSR count). The van der Waals surface area contributed by atoms with Crippen LogP contribution in [-0.2, 0) is 7.05 Å². The van der Waals surface area contributed by atoms with Crippen molar-refractivity contribution >= 4 is 45.0 Å². The SMILES string of the molecule is Cn1ncc(I)c1-c1c(C#N)c(OC2CC2)c2ccccc2c1Cl. The Kier molecular flexibility index (Phi) is 3.89. The molecule has 1 heterocycles. The first-order chi connectivity index (χ1) is 11.6. The number of nitrogens with zero attached hydrogens (tertiary/aromatic N) is 3. The van der Waals surface area contributed by atoms with E-state index in [2.05, 4.69) is 33.8 Å². The van der Waals surface area contributed by atoms with Crippen LogP contribution in [0.5, 0.6) is 5.75 Å². The number of rotatable bonds is 3. The minimum atomic E-state index is 0.195. The molecule has 120 valence electrons. The van der Waals surface area contributed by atoms with E-state index in [0.717, 1.165) is 32.9 Å². The first kappa shape index (κ1) is 15.7. The molecule has 0 aliphatic heterocycles. The highest BCUT2D eigenvalue weighted by Gasteiger charge is 2.29. The van der Waals surface area contributed by atoms with Crippen LogP contribution in [0.3, 0.4) is 0 Å². The first-order valence-electron chi connectivity index (χ1n) is 7.60. The van der Waals surface area contributed by atoms with E-state index in [1.807, 2.05) is 31.3 Å². The lowest BCUT2D eigenvalue weighted by atomic mass is 9.97. The van der Waals surface area contributed by atoms with Crippen LogP contribution in [0.2, 0.25) is 5.02 Å². The number of ether oxygens (including phenoxy) is 1. The molecule has 0 atom stereocenters. The number of hydrogen-bond donors (Lipinski definition) is 0. The number of halogens is 2. The van der Waals surface area contributed by atoms with E-state index in [4.69, 9.17) is 16.3 Å². The van der Waals surface area contributed by atoms with Gasteiger partial charge in [0.15, 0.2) is 0 Å². The number of nitriles is 1. The van der Waals surface area contributed by atoms with Gasteiger partial charge in [-0.1, -0.05) is 35.9 Å². The maximum absolute atomic E-state index is 9.88. The Hall–Kier alpha value is -1.78. The van der Waals surface area contributed by atoms with Crippen molar-refractivity contribution in [3.63, 3.8) is 0 Å². The monoisotopic (exact) mass is 449 g/mol. The Balaban J connectivity index is 2.13. The van der Waals surface area contributed by atoms with Gasteiger partial charge < -0.3 is 4.74 Å². The lowest BCUT2D eigenvalue weighted by Crippen LogP contribution is -2.04. The molecule has 0 saturated heterocycles. The lowest BCUT2D eigenvalue weighted by molar-refractivity contribution is 0.306. The van der Waals surface area contributed by atoms with Gasteiger partial charge in [0.25, 0.3) is 0 Å².